The highest BCUT2D eigenvalue weighted by Gasteiger charge is 2.18. The molecule has 7 heteroatoms. The van der Waals surface area contributed by atoms with Crippen molar-refractivity contribution in [2.75, 3.05) is 19.6 Å². The molecule has 0 spiro atoms. The number of nitrogens with two attached hydrogens (primary N) is 1. The van der Waals surface area contributed by atoms with E-state index in [9.17, 15) is 13.2 Å². The maximum atomic E-state index is 12.0. The van der Waals surface area contributed by atoms with E-state index in [1.807, 2.05) is 0 Å². The summed E-state index contributed by atoms with van der Waals surface area (Å²) in [5.74, 6) is -0.461. The van der Waals surface area contributed by atoms with Crippen LogP contribution in [0.15, 0.2) is 35.2 Å². The number of carbonyl (C=O) groups excluding carboxylic acids is 1. The molecule has 122 valence electrons. The number of nitrogens with zero attached hydrogens (tertiary/aromatic N) is 1. The van der Waals surface area contributed by atoms with Crippen molar-refractivity contribution in [1.82, 2.24) is 9.62 Å². The summed E-state index contributed by atoms with van der Waals surface area (Å²) >= 11 is 0. The van der Waals surface area contributed by atoms with Crippen LogP contribution in [0.1, 0.15) is 25.7 Å². The number of nitrogens with one attached hydrogen (secondary N) is 1. The fourth-order valence-electron chi connectivity index (χ4n) is 2.50. The molecular formula is C15H23N3O3S. The largest absolute Gasteiger partial charge is 0.328 e. The van der Waals surface area contributed by atoms with Gasteiger partial charge in [-0.1, -0.05) is 18.2 Å². The summed E-state index contributed by atoms with van der Waals surface area (Å²) in [6.45, 7) is 2.70. The van der Waals surface area contributed by atoms with Gasteiger partial charge in [-0.2, -0.15) is 0 Å². The Kier molecular flexibility index (Phi) is 5.93. The zero-order valence-corrected chi connectivity index (χ0v) is 13.4. The Labute approximate surface area is 131 Å². The Morgan fingerprint density at radius 1 is 1.23 bits per heavy atom. The third-order valence-corrected chi connectivity index (χ3v) is 5.20. The molecule has 1 aromatic rings. The molecule has 3 N–H and O–H groups in total. The number of carbonyl (C=O) groups is 1. The minimum absolute atomic E-state index is 0.105. The molecule has 1 heterocycles. The van der Waals surface area contributed by atoms with E-state index < -0.39 is 15.9 Å². The van der Waals surface area contributed by atoms with Crippen LogP contribution in [0.5, 0.6) is 0 Å². The molecule has 0 radical (unpaired) electrons. The molecule has 1 aromatic carbocycles. The molecule has 22 heavy (non-hydrogen) atoms. The summed E-state index contributed by atoms with van der Waals surface area (Å²) in [7, 11) is -3.75. The van der Waals surface area contributed by atoms with E-state index in [1.54, 1.807) is 18.2 Å². The summed E-state index contributed by atoms with van der Waals surface area (Å²) in [6, 6.07) is 8.20. The first kappa shape index (κ1) is 16.9. The summed E-state index contributed by atoms with van der Waals surface area (Å²) in [4.78, 5) is 14.2. The normalized spacial score (nSPS) is 17.3. The fourth-order valence-corrected chi connectivity index (χ4v) is 3.53. The van der Waals surface area contributed by atoms with E-state index in [0.29, 0.717) is 6.42 Å². The zero-order chi connectivity index (χ0) is 16.0. The summed E-state index contributed by atoms with van der Waals surface area (Å²) in [5.41, 5.74) is 5.84. The Hall–Kier alpha value is -1.44. The predicted octanol–water partition coefficient (Wildman–Crippen LogP) is 0.695. The van der Waals surface area contributed by atoms with Crippen molar-refractivity contribution in [2.24, 2.45) is 5.73 Å². The Morgan fingerprint density at radius 2 is 1.86 bits per heavy atom. The van der Waals surface area contributed by atoms with Crippen LogP contribution in [-0.4, -0.2) is 44.9 Å². The monoisotopic (exact) mass is 325 g/mol. The maximum Gasteiger partial charge on any atom is 0.264 e. The third kappa shape index (κ3) is 5.08. The number of amides is 1. The second-order valence-electron chi connectivity index (χ2n) is 5.62. The molecule has 1 aliphatic rings. The van der Waals surface area contributed by atoms with Crippen molar-refractivity contribution in [3.8, 4) is 0 Å². The fraction of sp³-hybridized carbons (Fsp3) is 0.533. The van der Waals surface area contributed by atoms with Crippen LogP contribution >= 0.6 is 0 Å². The summed E-state index contributed by atoms with van der Waals surface area (Å²) < 4.78 is 26.1. The highest BCUT2D eigenvalue weighted by atomic mass is 32.2. The van der Waals surface area contributed by atoms with E-state index in [2.05, 4.69) is 9.62 Å². The number of hydrogen-bond donors (Lipinski definition) is 2. The number of likely N-dealkylation sites (tertiary alicyclic amines) is 1. The van der Waals surface area contributed by atoms with Crippen molar-refractivity contribution >= 4 is 15.9 Å². The van der Waals surface area contributed by atoms with Crippen molar-refractivity contribution < 1.29 is 13.2 Å². The average Bonchev–Trinajstić information content (AvgIpc) is 2.50. The SMILES string of the molecule is NC1CCN(CCCC(=O)NS(=O)(=O)c2ccccc2)CC1. The molecule has 1 saturated heterocycles. The molecule has 1 amide bonds. The average molecular weight is 325 g/mol. The molecule has 0 atom stereocenters. The standard InChI is InChI=1S/C15H23N3O3S/c16-13-8-11-18(12-9-13)10-4-7-15(19)17-22(20,21)14-5-2-1-3-6-14/h1-3,5-6,13H,4,7-12,16H2,(H,17,19). The molecule has 0 unspecified atom stereocenters. The Morgan fingerprint density at radius 3 is 2.50 bits per heavy atom. The van der Waals surface area contributed by atoms with Crippen LogP contribution in [0.25, 0.3) is 0 Å². The summed E-state index contributed by atoms with van der Waals surface area (Å²) in [5, 5.41) is 0. The highest BCUT2D eigenvalue weighted by Crippen LogP contribution is 2.10. The lowest BCUT2D eigenvalue weighted by Crippen LogP contribution is -2.40. The quantitative estimate of drug-likeness (QED) is 0.803. The van der Waals surface area contributed by atoms with Gasteiger partial charge in [0.25, 0.3) is 10.0 Å². The molecule has 1 fully saturated rings. The molecule has 0 aliphatic carbocycles. The number of piperidine rings is 1. The van der Waals surface area contributed by atoms with Crippen molar-refractivity contribution in [3.05, 3.63) is 30.3 Å². The number of sulfonamides is 1. The second-order valence-corrected chi connectivity index (χ2v) is 7.31. The molecule has 6 nitrogen and oxygen atoms in total. The first-order valence-corrected chi connectivity index (χ1v) is 9.04. The van der Waals surface area contributed by atoms with Crippen LogP contribution in [-0.2, 0) is 14.8 Å². The maximum absolute atomic E-state index is 12.0. The van der Waals surface area contributed by atoms with Gasteiger partial charge < -0.3 is 10.6 Å². The number of hydrogen-bond acceptors (Lipinski definition) is 5. The Balaban J connectivity index is 1.74. The molecule has 0 aromatic heterocycles. The van der Waals surface area contributed by atoms with Gasteiger partial charge in [0.15, 0.2) is 0 Å². The van der Waals surface area contributed by atoms with Crippen LogP contribution in [0.2, 0.25) is 0 Å². The first-order chi connectivity index (χ1) is 10.5. The molecular weight excluding hydrogens is 302 g/mol. The lowest BCUT2D eigenvalue weighted by Gasteiger charge is -2.29. The minimum Gasteiger partial charge on any atom is -0.328 e. The van der Waals surface area contributed by atoms with Crippen LogP contribution in [0, 0.1) is 0 Å². The summed E-state index contributed by atoms with van der Waals surface area (Å²) in [6.07, 6.45) is 2.81. The van der Waals surface area contributed by atoms with Crippen molar-refractivity contribution in [2.45, 2.75) is 36.6 Å². The van der Waals surface area contributed by atoms with Crippen LogP contribution < -0.4 is 10.5 Å². The molecule has 0 saturated carbocycles. The van der Waals surface area contributed by atoms with Gasteiger partial charge in [-0.3, -0.25) is 4.79 Å². The van der Waals surface area contributed by atoms with Crippen molar-refractivity contribution in [1.29, 1.82) is 0 Å². The van der Waals surface area contributed by atoms with Gasteiger partial charge in [0.2, 0.25) is 5.91 Å². The van der Waals surface area contributed by atoms with Gasteiger partial charge in [0.05, 0.1) is 4.90 Å². The van der Waals surface area contributed by atoms with E-state index in [0.717, 1.165) is 32.5 Å². The zero-order valence-electron chi connectivity index (χ0n) is 12.6. The van der Waals surface area contributed by atoms with Crippen LogP contribution in [0.3, 0.4) is 0 Å². The number of benzene rings is 1. The molecule has 0 bridgehead atoms. The predicted molar refractivity (Wildman–Crippen MR) is 84.7 cm³/mol. The Bertz CT molecular complexity index is 581. The third-order valence-electron chi connectivity index (χ3n) is 3.81. The van der Waals surface area contributed by atoms with E-state index in [1.165, 1.54) is 12.1 Å². The second kappa shape index (κ2) is 7.71. The molecule has 1 aliphatic heterocycles. The topological polar surface area (TPSA) is 92.5 Å². The van der Waals surface area contributed by atoms with Gasteiger partial charge in [-0.05, 0) is 51.0 Å². The van der Waals surface area contributed by atoms with Gasteiger partial charge in [0.1, 0.15) is 0 Å². The van der Waals surface area contributed by atoms with Gasteiger partial charge >= 0.3 is 0 Å². The van der Waals surface area contributed by atoms with Crippen molar-refractivity contribution in [3.63, 3.8) is 0 Å². The number of rotatable bonds is 6. The van der Waals surface area contributed by atoms with Gasteiger partial charge in [-0.15, -0.1) is 0 Å². The lowest BCUT2D eigenvalue weighted by atomic mass is 10.1. The van der Waals surface area contributed by atoms with E-state index in [4.69, 9.17) is 5.73 Å². The van der Waals surface area contributed by atoms with E-state index in [-0.39, 0.29) is 17.4 Å². The van der Waals surface area contributed by atoms with Crippen LogP contribution in [0.4, 0.5) is 0 Å². The van der Waals surface area contributed by atoms with Gasteiger partial charge in [0, 0.05) is 12.5 Å². The smallest absolute Gasteiger partial charge is 0.264 e. The van der Waals surface area contributed by atoms with E-state index >= 15 is 0 Å². The van der Waals surface area contributed by atoms with Gasteiger partial charge in [-0.25, -0.2) is 13.1 Å². The minimum atomic E-state index is -3.75. The molecule has 2 rings (SSSR count). The first-order valence-electron chi connectivity index (χ1n) is 7.56. The lowest BCUT2D eigenvalue weighted by molar-refractivity contribution is -0.119. The highest BCUT2D eigenvalue weighted by molar-refractivity contribution is 7.90.